The summed E-state index contributed by atoms with van der Waals surface area (Å²) in [5.41, 5.74) is 1.45. The molecule has 0 unspecified atom stereocenters. The Hall–Kier alpha value is -2.38. The number of carbonyl (C=O) groups excluding carboxylic acids is 2. The fraction of sp³-hybridized carbons (Fsp3) is 0.524. The third-order valence-corrected chi connectivity index (χ3v) is 4.81. The van der Waals surface area contributed by atoms with E-state index in [1.54, 1.807) is 12.1 Å². The predicted molar refractivity (Wildman–Crippen MR) is 102 cm³/mol. The molecule has 1 saturated carbocycles. The lowest BCUT2D eigenvalue weighted by atomic mass is 9.92. The lowest BCUT2D eigenvalue weighted by Crippen LogP contribution is -2.34. The van der Waals surface area contributed by atoms with Gasteiger partial charge < -0.3 is 24.6 Å². The summed E-state index contributed by atoms with van der Waals surface area (Å²) in [6.07, 6.45) is 5.24. The molecule has 1 aliphatic heterocycles. The molecule has 152 valence electrons. The SMILES string of the molecule is COC(=O)c1ccc([C@H]2C=C(C(=O)NC3CC3)O[C@@H](OCCCCO)C2)cc1. The third kappa shape index (κ3) is 5.56. The number of nitrogens with one attached hydrogen (secondary N) is 1. The number of hydrogen-bond donors (Lipinski definition) is 2. The second-order valence-corrected chi connectivity index (χ2v) is 7.08. The third-order valence-electron chi connectivity index (χ3n) is 4.81. The molecular weight excluding hydrogens is 362 g/mol. The number of aliphatic hydroxyl groups excluding tert-OH is 1. The van der Waals surface area contributed by atoms with Crippen molar-refractivity contribution < 1.29 is 28.9 Å². The summed E-state index contributed by atoms with van der Waals surface area (Å²) in [6.45, 7) is 0.579. The van der Waals surface area contributed by atoms with Crippen LogP contribution in [0.15, 0.2) is 36.1 Å². The largest absolute Gasteiger partial charge is 0.465 e. The van der Waals surface area contributed by atoms with Crippen molar-refractivity contribution in [1.29, 1.82) is 0 Å². The molecule has 7 heteroatoms. The molecule has 0 bridgehead atoms. The van der Waals surface area contributed by atoms with Crippen LogP contribution >= 0.6 is 0 Å². The highest BCUT2D eigenvalue weighted by molar-refractivity contribution is 5.92. The Balaban J connectivity index is 1.72. The maximum atomic E-state index is 12.5. The monoisotopic (exact) mass is 389 g/mol. The Bertz CT molecular complexity index is 710. The average molecular weight is 389 g/mol. The van der Waals surface area contributed by atoms with Crippen LogP contribution in [0.2, 0.25) is 0 Å². The van der Waals surface area contributed by atoms with Crippen molar-refractivity contribution in [2.45, 2.75) is 50.4 Å². The first-order chi connectivity index (χ1) is 13.6. The van der Waals surface area contributed by atoms with Crippen molar-refractivity contribution in [3.05, 3.63) is 47.2 Å². The smallest absolute Gasteiger partial charge is 0.337 e. The van der Waals surface area contributed by atoms with E-state index in [0.717, 1.165) is 24.8 Å². The minimum absolute atomic E-state index is 0.0664. The van der Waals surface area contributed by atoms with Crippen LogP contribution in [0, 0.1) is 0 Å². The molecule has 3 rings (SSSR count). The van der Waals surface area contributed by atoms with E-state index in [1.807, 2.05) is 18.2 Å². The number of hydrogen-bond acceptors (Lipinski definition) is 6. The normalized spacial score (nSPS) is 21.4. The van der Waals surface area contributed by atoms with Gasteiger partial charge in [0.05, 0.1) is 19.3 Å². The van der Waals surface area contributed by atoms with Crippen molar-refractivity contribution in [2.75, 3.05) is 20.3 Å². The number of ether oxygens (including phenoxy) is 3. The van der Waals surface area contributed by atoms with Crippen LogP contribution < -0.4 is 5.32 Å². The first-order valence-electron chi connectivity index (χ1n) is 9.70. The Morgan fingerprint density at radius 1 is 1.21 bits per heavy atom. The summed E-state index contributed by atoms with van der Waals surface area (Å²) in [7, 11) is 1.35. The Labute approximate surface area is 164 Å². The molecule has 7 nitrogen and oxygen atoms in total. The standard InChI is InChI=1S/C21H27NO6/c1-26-21(25)15-6-4-14(5-7-15)16-12-18(20(24)22-17-8-9-17)28-19(13-16)27-11-3-2-10-23/h4-7,12,16-17,19,23H,2-3,8-11,13H2,1H3,(H,22,24)/t16-,19+/m0/s1. The van der Waals surface area contributed by atoms with Gasteiger partial charge in [-0.2, -0.15) is 0 Å². The van der Waals surface area contributed by atoms with Crippen LogP contribution in [0.1, 0.15) is 53.9 Å². The predicted octanol–water partition coefficient (Wildman–Crippen LogP) is 2.25. The summed E-state index contributed by atoms with van der Waals surface area (Å²) < 4.78 is 16.3. The van der Waals surface area contributed by atoms with Crippen molar-refractivity contribution >= 4 is 11.9 Å². The summed E-state index contributed by atoms with van der Waals surface area (Å²) in [4.78, 5) is 24.1. The number of rotatable bonds is 9. The molecule has 1 aromatic carbocycles. The lowest BCUT2D eigenvalue weighted by Gasteiger charge is -2.29. The number of carbonyl (C=O) groups is 2. The van der Waals surface area contributed by atoms with E-state index < -0.39 is 6.29 Å². The number of esters is 1. The zero-order chi connectivity index (χ0) is 19.9. The van der Waals surface area contributed by atoms with Gasteiger partial charge in [-0.05, 0) is 49.5 Å². The van der Waals surface area contributed by atoms with Crippen LogP contribution in [0.5, 0.6) is 0 Å². The van der Waals surface area contributed by atoms with Crippen molar-refractivity contribution in [2.24, 2.45) is 0 Å². The zero-order valence-electron chi connectivity index (χ0n) is 16.1. The van der Waals surface area contributed by atoms with Crippen molar-refractivity contribution in [3.8, 4) is 0 Å². The van der Waals surface area contributed by atoms with Gasteiger partial charge in [0.25, 0.3) is 5.91 Å². The molecule has 0 aromatic heterocycles. The van der Waals surface area contributed by atoms with E-state index in [-0.39, 0.29) is 36.2 Å². The summed E-state index contributed by atoms with van der Waals surface area (Å²) in [5, 5.41) is 11.8. The van der Waals surface area contributed by atoms with Gasteiger partial charge in [-0.15, -0.1) is 0 Å². The molecule has 0 radical (unpaired) electrons. The lowest BCUT2D eigenvalue weighted by molar-refractivity contribution is -0.146. The number of unbranched alkanes of at least 4 members (excludes halogenated alkanes) is 1. The van der Waals surface area contributed by atoms with Gasteiger partial charge in [-0.25, -0.2) is 4.79 Å². The van der Waals surface area contributed by atoms with E-state index in [1.165, 1.54) is 7.11 Å². The van der Waals surface area contributed by atoms with E-state index in [4.69, 9.17) is 19.3 Å². The van der Waals surface area contributed by atoms with E-state index in [2.05, 4.69) is 5.32 Å². The number of amides is 1. The quantitative estimate of drug-likeness (QED) is 0.497. The molecule has 2 atom stereocenters. The Kier molecular flexibility index (Phi) is 7.06. The number of methoxy groups -OCH3 is 1. The Morgan fingerprint density at radius 3 is 2.61 bits per heavy atom. The van der Waals surface area contributed by atoms with Crippen LogP contribution in [0.25, 0.3) is 0 Å². The topological polar surface area (TPSA) is 94.1 Å². The maximum Gasteiger partial charge on any atom is 0.337 e. The van der Waals surface area contributed by atoms with Gasteiger partial charge in [0, 0.05) is 25.0 Å². The van der Waals surface area contributed by atoms with Gasteiger partial charge in [-0.1, -0.05) is 12.1 Å². The molecule has 1 aromatic rings. The van der Waals surface area contributed by atoms with Gasteiger partial charge in [0.2, 0.25) is 6.29 Å². The van der Waals surface area contributed by atoms with Crippen LogP contribution in [-0.4, -0.2) is 49.6 Å². The van der Waals surface area contributed by atoms with E-state index in [0.29, 0.717) is 25.0 Å². The molecule has 2 N–H and O–H groups in total. The van der Waals surface area contributed by atoms with Crippen molar-refractivity contribution in [1.82, 2.24) is 5.32 Å². The summed E-state index contributed by atoms with van der Waals surface area (Å²) in [6, 6.07) is 7.38. The molecule has 0 saturated heterocycles. The highest BCUT2D eigenvalue weighted by Gasteiger charge is 2.31. The fourth-order valence-corrected chi connectivity index (χ4v) is 3.05. The molecule has 1 amide bonds. The molecule has 0 spiro atoms. The van der Waals surface area contributed by atoms with Crippen molar-refractivity contribution in [3.63, 3.8) is 0 Å². The first-order valence-corrected chi connectivity index (χ1v) is 9.70. The van der Waals surface area contributed by atoms with E-state index >= 15 is 0 Å². The molecule has 28 heavy (non-hydrogen) atoms. The summed E-state index contributed by atoms with van der Waals surface area (Å²) >= 11 is 0. The zero-order valence-corrected chi connectivity index (χ0v) is 16.1. The minimum Gasteiger partial charge on any atom is -0.465 e. The highest BCUT2D eigenvalue weighted by Crippen LogP contribution is 2.32. The van der Waals surface area contributed by atoms with Gasteiger partial charge in [0.15, 0.2) is 5.76 Å². The second-order valence-electron chi connectivity index (χ2n) is 7.08. The second kappa shape index (κ2) is 9.71. The first kappa shape index (κ1) is 20.4. The average Bonchev–Trinajstić information content (AvgIpc) is 3.54. The molecule has 2 aliphatic rings. The van der Waals surface area contributed by atoms with Crippen LogP contribution in [-0.2, 0) is 19.0 Å². The van der Waals surface area contributed by atoms with E-state index in [9.17, 15) is 9.59 Å². The number of aliphatic hydroxyl groups is 1. The number of allylic oxidation sites excluding steroid dienone is 1. The fourth-order valence-electron chi connectivity index (χ4n) is 3.05. The van der Waals surface area contributed by atoms with Gasteiger partial charge in [0.1, 0.15) is 0 Å². The minimum atomic E-state index is -0.533. The molecular formula is C21H27NO6. The summed E-state index contributed by atoms with van der Waals surface area (Å²) in [5.74, 6) is -0.401. The van der Waals surface area contributed by atoms with Crippen LogP contribution in [0.3, 0.4) is 0 Å². The molecule has 1 fully saturated rings. The van der Waals surface area contributed by atoms with Crippen LogP contribution in [0.4, 0.5) is 0 Å². The Morgan fingerprint density at radius 2 is 1.96 bits per heavy atom. The molecule has 1 aliphatic carbocycles. The van der Waals surface area contributed by atoms with Gasteiger partial charge >= 0.3 is 5.97 Å². The highest BCUT2D eigenvalue weighted by atomic mass is 16.7. The number of benzene rings is 1. The van der Waals surface area contributed by atoms with Gasteiger partial charge in [-0.3, -0.25) is 4.79 Å². The molecule has 1 heterocycles. The maximum absolute atomic E-state index is 12.5.